The number of fused-ring (bicyclic) bond motifs is 1. The molecular weight excluding hydrogens is 642 g/mol. The number of carbonyl (C=O) groups excluding carboxylic acids is 5. The lowest BCUT2D eigenvalue weighted by Crippen LogP contribution is -2.45. The maximum Gasteiger partial charge on any atom is 0.417 e. The number of guanidine groups is 1. The molecule has 0 aliphatic carbocycles. The fourth-order valence-corrected chi connectivity index (χ4v) is 5.94. The molecule has 14 nitrogen and oxygen atoms in total. The lowest BCUT2D eigenvalue weighted by atomic mass is 9.94. The molecule has 0 radical (unpaired) electrons. The average molecular weight is 694 g/mol. The minimum absolute atomic E-state index is 0.00476. The van der Waals surface area contributed by atoms with Crippen LogP contribution in [0, 0.1) is 5.92 Å². The minimum Gasteiger partial charge on any atom is -0.455 e. The maximum atomic E-state index is 13.5. The third-order valence-electron chi connectivity index (χ3n) is 8.70. The number of nitrogens with one attached hydrogen (secondary N) is 2. The Labute approximate surface area is 293 Å². The Hall–Kier alpha value is -4.75. The summed E-state index contributed by atoms with van der Waals surface area (Å²) in [5.41, 5.74) is 0.836. The van der Waals surface area contributed by atoms with Crippen molar-refractivity contribution in [1.82, 2.24) is 30.3 Å². The van der Waals surface area contributed by atoms with Crippen molar-refractivity contribution in [2.45, 2.75) is 78.4 Å². The van der Waals surface area contributed by atoms with Crippen LogP contribution in [-0.4, -0.2) is 113 Å². The van der Waals surface area contributed by atoms with Crippen molar-refractivity contribution in [3.8, 4) is 0 Å². The fourth-order valence-electron chi connectivity index (χ4n) is 5.94. The topological polar surface area (TPSA) is 163 Å². The van der Waals surface area contributed by atoms with Crippen LogP contribution in [0.1, 0.15) is 78.3 Å². The number of likely N-dealkylation sites (N-methyl/N-ethyl adjacent to an activating group) is 1. The summed E-state index contributed by atoms with van der Waals surface area (Å²) in [5, 5.41) is 7.05. The molecule has 2 aromatic rings. The Kier molecular flexibility index (Phi) is 13.5. The Bertz CT molecular complexity index is 1540. The average Bonchev–Trinajstić information content (AvgIpc) is 3.57. The van der Waals surface area contributed by atoms with E-state index in [4.69, 9.17) is 9.47 Å². The molecule has 1 aromatic carbocycles. The van der Waals surface area contributed by atoms with E-state index in [9.17, 15) is 24.0 Å². The summed E-state index contributed by atoms with van der Waals surface area (Å²) < 4.78 is 10.8. The number of para-hydroxylation sites is 1. The number of pyridine rings is 1. The van der Waals surface area contributed by atoms with Crippen LogP contribution in [0.3, 0.4) is 0 Å². The molecule has 50 heavy (non-hydrogen) atoms. The number of ether oxygens (including phenoxy) is 2. The monoisotopic (exact) mass is 693 g/mol. The minimum atomic E-state index is -0.710. The van der Waals surface area contributed by atoms with Gasteiger partial charge in [-0.25, -0.2) is 9.69 Å². The van der Waals surface area contributed by atoms with Gasteiger partial charge in [0.15, 0.2) is 6.61 Å². The molecule has 14 heteroatoms. The summed E-state index contributed by atoms with van der Waals surface area (Å²) in [7, 11) is 0. The smallest absolute Gasteiger partial charge is 0.417 e. The largest absolute Gasteiger partial charge is 0.455 e. The summed E-state index contributed by atoms with van der Waals surface area (Å²) >= 11 is 0. The Morgan fingerprint density at radius 2 is 1.76 bits per heavy atom. The highest BCUT2D eigenvalue weighted by atomic mass is 16.6. The number of benzene rings is 1. The van der Waals surface area contributed by atoms with Gasteiger partial charge in [0.1, 0.15) is 5.60 Å². The van der Waals surface area contributed by atoms with Crippen LogP contribution in [-0.2, 0) is 28.7 Å². The zero-order valence-electron chi connectivity index (χ0n) is 29.9. The van der Waals surface area contributed by atoms with Crippen LogP contribution in [0.15, 0.2) is 41.5 Å². The van der Waals surface area contributed by atoms with E-state index in [1.54, 1.807) is 16.0 Å². The number of hydrogen-bond donors (Lipinski definition) is 2. The van der Waals surface area contributed by atoms with Crippen molar-refractivity contribution in [3.05, 3.63) is 42.1 Å². The second kappa shape index (κ2) is 17.8. The van der Waals surface area contributed by atoms with E-state index in [0.717, 1.165) is 10.9 Å². The molecule has 0 spiro atoms. The molecule has 4 amide bonds. The predicted molar refractivity (Wildman–Crippen MR) is 188 cm³/mol. The highest BCUT2D eigenvalue weighted by Gasteiger charge is 2.31. The van der Waals surface area contributed by atoms with Crippen LogP contribution >= 0.6 is 0 Å². The predicted octanol–water partition coefficient (Wildman–Crippen LogP) is 3.41. The quantitative estimate of drug-likeness (QED) is 0.237. The standard InChI is InChI=1S/C36H51N7O7/c1-6-41(7-2)31(45)24-49-32(46)22-29(27-21-26-11-8-9-12-28(26)39-23-27)40-33(47)25-14-18-42(19-15-25)30(44)13-10-16-37-34-38-17-20-43(34)35(48)50-36(3,4)5/h8-9,11-12,21,23,25,29H,6-7,10,13-20,22,24H2,1-5H3,(H,37,38)(H,40,47). The first-order chi connectivity index (χ1) is 23.9. The lowest BCUT2D eigenvalue weighted by molar-refractivity contribution is -0.152. The van der Waals surface area contributed by atoms with Gasteiger partial charge in [0, 0.05) is 56.6 Å². The number of carbonyl (C=O) groups is 5. The van der Waals surface area contributed by atoms with Gasteiger partial charge in [0.05, 0.1) is 31.1 Å². The van der Waals surface area contributed by atoms with Crippen LogP contribution in [0.5, 0.6) is 0 Å². The molecule has 1 aromatic heterocycles. The highest BCUT2D eigenvalue weighted by molar-refractivity contribution is 5.95. The zero-order valence-corrected chi connectivity index (χ0v) is 29.9. The molecule has 0 saturated carbocycles. The second-order valence-corrected chi connectivity index (χ2v) is 13.5. The molecule has 1 saturated heterocycles. The Morgan fingerprint density at radius 1 is 1.04 bits per heavy atom. The van der Waals surface area contributed by atoms with Crippen molar-refractivity contribution in [2.75, 3.05) is 52.4 Å². The van der Waals surface area contributed by atoms with Crippen LogP contribution < -0.4 is 10.6 Å². The summed E-state index contributed by atoms with van der Waals surface area (Å²) in [5.74, 6) is -0.962. The normalized spacial score (nSPS) is 15.7. The molecule has 1 fully saturated rings. The summed E-state index contributed by atoms with van der Waals surface area (Å²) in [4.78, 5) is 78.0. The van der Waals surface area contributed by atoms with E-state index >= 15 is 0 Å². The van der Waals surface area contributed by atoms with E-state index in [-0.39, 0.29) is 36.7 Å². The van der Waals surface area contributed by atoms with Gasteiger partial charge in [-0.2, -0.15) is 0 Å². The first-order valence-electron chi connectivity index (χ1n) is 17.5. The molecule has 1 unspecified atom stereocenters. The van der Waals surface area contributed by atoms with Gasteiger partial charge < -0.3 is 29.9 Å². The number of aliphatic imine (C=N–C) groups is 1. The summed E-state index contributed by atoms with van der Waals surface area (Å²) in [6.07, 6.45) is 2.88. The first kappa shape index (κ1) is 38.1. The third-order valence-corrected chi connectivity index (χ3v) is 8.70. The van der Waals surface area contributed by atoms with E-state index in [1.807, 2.05) is 65.0 Å². The molecule has 1 atom stereocenters. The van der Waals surface area contributed by atoms with Crippen molar-refractivity contribution in [1.29, 1.82) is 0 Å². The Morgan fingerprint density at radius 3 is 2.46 bits per heavy atom. The lowest BCUT2D eigenvalue weighted by Gasteiger charge is -2.32. The van der Waals surface area contributed by atoms with Gasteiger partial charge >= 0.3 is 12.1 Å². The number of amides is 4. The Balaban J connectivity index is 1.27. The SMILES string of the molecule is CCN(CC)C(=O)COC(=O)CC(NC(=O)C1CCN(C(=O)CCCNC2=NCCN2C(=O)OC(C)(C)C)CC1)c1cnc2ccccc2c1. The van der Waals surface area contributed by atoms with Gasteiger partial charge in [-0.15, -0.1) is 0 Å². The molecular formula is C36H51N7O7. The molecule has 272 valence electrons. The first-order valence-corrected chi connectivity index (χ1v) is 17.5. The molecule has 0 bridgehead atoms. The number of piperidine rings is 1. The molecule has 2 aliphatic heterocycles. The van der Waals surface area contributed by atoms with Gasteiger partial charge in [-0.05, 0) is 71.6 Å². The molecule has 3 heterocycles. The molecule has 2 N–H and O–H groups in total. The van der Waals surface area contributed by atoms with E-state index < -0.39 is 23.7 Å². The van der Waals surface area contributed by atoms with Gasteiger partial charge in [-0.3, -0.25) is 29.2 Å². The summed E-state index contributed by atoms with van der Waals surface area (Å²) in [6.45, 7) is 12.1. The van der Waals surface area contributed by atoms with Crippen LogP contribution in [0.4, 0.5) is 4.79 Å². The highest BCUT2D eigenvalue weighted by Crippen LogP contribution is 2.24. The van der Waals surface area contributed by atoms with E-state index in [1.165, 1.54) is 4.90 Å². The number of nitrogens with zero attached hydrogens (tertiary/aromatic N) is 5. The summed E-state index contributed by atoms with van der Waals surface area (Å²) in [6, 6.07) is 8.77. The number of hydrogen-bond acceptors (Lipinski definition) is 10. The number of esters is 1. The van der Waals surface area contributed by atoms with E-state index in [2.05, 4.69) is 20.6 Å². The van der Waals surface area contributed by atoms with Crippen molar-refractivity contribution in [3.63, 3.8) is 0 Å². The molecule has 4 rings (SSSR count). The van der Waals surface area contributed by atoms with E-state index in [0.29, 0.717) is 83.0 Å². The van der Waals surface area contributed by atoms with Crippen molar-refractivity contribution >= 4 is 46.6 Å². The maximum absolute atomic E-state index is 13.5. The fraction of sp³-hybridized carbons (Fsp3) is 0.583. The zero-order chi connectivity index (χ0) is 36.3. The van der Waals surface area contributed by atoms with Crippen LogP contribution in [0.2, 0.25) is 0 Å². The number of aromatic nitrogens is 1. The number of rotatable bonds is 13. The van der Waals surface area contributed by atoms with Gasteiger partial charge in [0.25, 0.3) is 5.91 Å². The second-order valence-electron chi connectivity index (χ2n) is 13.5. The molecule has 2 aliphatic rings. The van der Waals surface area contributed by atoms with Crippen molar-refractivity contribution < 1.29 is 33.4 Å². The van der Waals surface area contributed by atoms with Gasteiger partial charge in [0.2, 0.25) is 17.8 Å². The third kappa shape index (κ3) is 10.9. The number of likely N-dealkylation sites (tertiary alicyclic amines) is 1. The van der Waals surface area contributed by atoms with Crippen molar-refractivity contribution in [2.24, 2.45) is 10.9 Å². The van der Waals surface area contributed by atoms with Crippen LogP contribution in [0.25, 0.3) is 10.9 Å². The van der Waals surface area contributed by atoms with Gasteiger partial charge in [-0.1, -0.05) is 18.2 Å².